The van der Waals surface area contributed by atoms with Crippen molar-refractivity contribution in [3.8, 4) is 17.0 Å². The van der Waals surface area contributed by atoms with E-state index in [1.54, 1.807) is 7.11 Å². The van der Waals surface area contributed by atoms with Crippen LogP contribution in [0.4, 0.5) is 0 Å². The van der Waals surface area contributed by atoms with Gasteiger partial charge in [-0.25, -0.2) is 0 Å². The van der Waals surface area contributed by atoms with Crippen LogP contribution in [0.25, 0.3) is 22.2 Å². The van der Waals surface area contributed by atoms with Crippen LogP contribution in [0.1, 0.15) is 11.1 Å². The van der Waals surface area contributed by atoms with Crippen molar-refractivity contribution in [3.05, 3.63) is 53.6 Å². The van der Waals surface area contributed by atoms with Gasteiger partial charge in [-0.1, -0.05) is 24.3 Å². The van der Waals surface area contributed by atoms with Gasteiger partial charge in [0.15, 0.2) is 0 Å². The van der Waals surface area contributed by atoms with Crippen LogP contribution in [0.15, 0.2) is 42.5 Å². The first-order chi connectivity index (χ1) is 9.29. The number of rotatable bonds is 1. The predicted octanol–water partition coefficient (Wildman–Crippen LogP) is 3.76. The van der Waals surface area contributed by atoms with Crippen molar-refractivity contribution in [3.63, 3.8) is 0 Å². The minimum atomic E-state index is 0.917. The maximum Gasteiger partial charge on any atom is 0.120 e. The van der Waals surface area contributed by atoms with E-state index in [9.17, 15) is 0 Å². The van der Waals surface area contributed by atoms with Crippen molar-refractivity contribution >= 4 is 10.9 Å². The zero-order valence-electron chi connectivity index (χ0n) is 11.1. The first kappa shape index (κ1) is 10.7. The van der Waals surface area contributed by atoms with E-state index in [-0.39, 0.29) is 0 Å². The minimum absolute atomic E-state index is 0.917. The van der Waals surface area contributed by atoms with Crippen LogP contribution in [-0.4, -0.2) is 11.7 Å². The lowest BCUT2D eigenvalue weighted by Crippen LogP contribution is -1.91. The SMILES string of the molecule is COc1ccc2c3c(n(C)c2c1)-c1ccccc1C3. The van der Waals surface area contributed by atoms with Gasteiger partial charge in [0.2, 0.25) is 0 Å². The van der Waals surface area contributed by atoms with Crippen molar-refractivity contribution in [2.45, 2.75) is 6.42 Å². The lowest BCUT2D eigenvalue weighted by atomic mass is 10.1. The number of methoxy groups -OCH3 is 1. The Balaban J connectivity index is 2.08. The Hall–Kier alpha value is -2.22. The summed E-state index contributed by atoms with van der Waals surface area (Å²) in [5.41, 5.74) is 6.86. The second-order valence-electron chi connectivity index (χ2n) is 5.10. The molecule has 2 aromatic carbocycles. The van der Waals surface area contributed by atoms with Gasteiger partial charge < -0.3 is 9.30 Å². The normalized spacial score (nSPS) is 12.5. The molecular weight excluding hydrogens is 234 g/mol. The molecule has 0 bridgehead atoms. The molecule has 0 radical (unpaired) electrons. The highest BCUT2D eigenvalue weighted by Gasteiger charge is 2.24. The Kier molecular flexibility index (Phi) is 2.05. The summed E-state index contributed by atoms with van der Waals surface area (Å²) in [6.45, 7) is 0. The summed E-state index contributed by atoms with van der Waals surface area (Å²) >= 11 is 0. The van der Waals surface area contributed by atoms with Gasteiger partial charge in [-0.3, -0.25) is 0 Å². The molecule has 1 heterocycles. The average molecular weight is 249 g/mol. The molecule has 1 aliphatic carbocycles. The molecule has 0 amide bonds. The minimum Gasteiger partial charge on any atom is -0.497 e. The maximum absolute atomic E-state index is 5.33. The molecule has 0 saturated carbocycles. The van der Waals surface area contributed by atoms with E-state index >= 15 is 0 Å². The van der Waals surface area contributed by atoms with E-state index in [2.05, 4.69) is 48.0 Å². The van der Waals surface area contributed by atoms with Crippen molar-refractivity contribution in [2.75, 3.05) is 7.11 Å². The molecule has 3 aromatic rings. The van der Waals surface area contributed by atoms with Crippen molar-refractivity contribution in [1.82, 2.24) is 4.57 Å². The highest BCUT2D eigenvalue weighted by molar-refractivity contribution is 5.95. The monoisotopic (exact) mass is 249 g/mol. The topological polar surface area (TPSA) is 14.2 Å². The summed E-state index contributed by atoms with van der Waals surface area (Å²) in [5.74, 6) is 0.917. The van der Waals surface area contributed by atoms with Gasteiger partial charge in [0.25, 0.3) is 0 Å². The number of nitrogens with zero attached hydrogens (tertiary/aromatic N) is 1. The van der Waals surface area contributed by atoms with Crippen molar-refractivity contribution in [2.24, 2.45) is 7.05 Å². The molecule has 0 aliphatic heterocycles. The Labute approximate surface area is 112 Å². The zero-order chi connectivity index (χ0) is 13.0. The van der Waals surface area contributed by atoms with Crippen LogP contribution >= 0.6 is 0 Å². The number of ether oxygens (including phenoxy) is 1. The van der Waals surface area contributed by atoms with Gasteiger partial charge in [0.1, 0.15) is 5.75 Å². The van der Waals surface area contributed by atoms with Crippen molar-refractivity contribution < 1.29 is 4.74 Å². The van der Waals surface area contributed by atoms with Gasteiger partial charge in [-0.15, -0.1) is 0 Å². The summed E-state index contributed by atoms with van der Waals surface area (Å²) in [7, 11) is 3.86. The molecular formula is C17H15NO. The number of hydrogen-bond acceptors (Lipinski definition) is 1. The summed E-state index contributed by atoms with van der Waals surface area (Å²) in [5, 5.41) is 1.34. The largest absolute Gasteiger partial charge is 0.497 e. The molecule has 0 unspecified atom stereocenters. The van der Waals surface area contributed by atoms with Crippen LogP contribution < -0.4 is 4.74 Å². The fourth-order valence-electron chi connectivity index (χ4n) is 3.24. The molecule has 0 atom stereocenters. The van der Waals surface area contributed by atoms with E-state index in [1.807, 2.05) is 6.07 Å². The quantitative estimate of drug-likeness (QED) is 0.501. The molecule has 1 aromatic heterocycles. The summed E-state index contributed by atoms with van der Waals surface area (Å²) < 4.78 is 7.62. The fraction of sp³-hybridized carbons (Fsp3) is 0.176. The summed E-state index contributed by atoms with van der Waals surface area (Å²) in [4.78, 5) is 0. The highest BCUT2D eigenvalue weighted by Crippen LogP contribution is 2.42. The Bertz CT molecular complexity index is 798. The van der Waals surface area contributed by atoms with E-state index in [1.165, 1.54) is 33.3 Å². The maximum atomic E-state index is 5.33. The average Bonchev–Trinajstić information content (AvgIpc) is 2.95. The van der Waals surface area contributed by atoms with Gasteiger partial charge in [0.05, 0.1) is 18.3 Å². The molecule has 94 valence electrons. The predicted molar refractivity (Wildman–Crippen MR) is 77.7 cm³/mol. The smallest absolute Gasteiger partial charge is 0.120 e. The zero-order valence-corrected chi connectivity index (χ0v) is 11.1. The Morgan fingerprint density at radius 3 is 2.79 bits per heavy atom. The number of aryl methyl sites for hydroxylation is 1. The third-order valence-corrected chi connectivity index (χ3v) is 4.15. The van der Waals surface area contributed by atoms with Crippen LogP contribution in [0, 0.1) is 0 Å². The van der Waals surface area contributed by atoms with Gasteiger partial charge in [-0.2, -0.15) is 0 Å². The molecule has 1 aliphatic rings. The molecule has 4 rings (SSSR count). The van der Waals surface area contributed by atoms with Crippen molar-refractivity contribution in [1.29, 1.82) is 0 Å². The molecule has 0 fully saturated rings. The fourth-order valence-corrected chi connectivity index (χ4v) is 3.24. The number of benzene rings is 2. The number of fused-ring (bicyclic) bond motifs is 5. The summed E-state index contributed by atoms with van der Waals surface area (Å²) in [6.07, 6.45) is 1.04. The summed E-state index contributed by atoms with van der Waals surface area (Å²) in [6, 6.07) is 15.0. The molecule has 0 saturated heterocycles. The van der Waals surface area contributed by atoms with E-state index in [0.717, 1.165) is 12.2 Å². The lowest BCUT2D eigenvalue weighted by Gasteiger charge is -2.06. The first-order valence-corrected chi connectivity index (χ1v) is 6.53. The second-order valence-corrected chi connectivity index (χ2v) is 5.10. The highest BCUT2D eigenvalue weighted by atomic mass is 16.5. The van der Waals surface area contributed by atoms with Gasteiger partial charge in [0, 0.05) is 30.5 Å². The van der Waals surface area contributed by atoms with Gasteiger partial charge >= 0.3 is 0 Å². The molecule has 0 N–H and O–H groups in total. The van der Waals surface area contributed by atoms with E-state index < -0.39 is 0 Å². The second kappa shape index (κ2) is 3.64. The Morgan fingerprint density at radius 2 is 1.95 bits per heavy atom. The molecule has 2 nitrogen and oxygen atoms in total. The Morgan fingerprint density at radius 1 is 1.11 bits per heavy atom. The van der Waals surface area contributed by atoms with Gasteiger partial charge in [-0.05, 0) is 23.3 Å². The van der Waals surface area contributed by atoms with Crippen LogP contribution in [0.2, 0.25) is 0 Å². The van der Waals surface area contributed by atoms with E-state index in [0.29, 0.717) is 0 Å². The van der Waals surface area contributed by atoms with Crippen LogP contribution in [-0.2, 0) is 13.5 Å². The standard InChI is InChI=1S/C17H15NO/c1-18-16-10-12(19-2)7-8-14(16)15-9-11-5-3-4-6-13(11)17(15)18/h3-8,10H,9H2,1-2H3. The molecule has 0 spiro atoms. The van der Waals surface area contributed by atoms with Crippen LogP contribution in [0.5, 0.6) is 5.75 Å². The third kappa shape index (κ3) is 1.31. The number of aromatic nitrogens is 1. The first-order valence-electron chi connectivity index (χ1n) is 6.53. The van der Waals surface area contributed by atoms with Crippen LogP contribution in [0.3, 0.4) is 0 Å². The lowest BCUT2D eigenvalue weighted by molar-refractivity contribution is 0.415. The molecule has 2 heteroatoms. The third-order valence-electron chi connectivity index (χ3n) is 4.15. The van der Waals surface area contributed by atoms with E-state index in [4.69, 9.17) is 4.74 Å². The molecule has 19 heavy (non-hydrogen) atoms. The number of hydrogen-bond donors (Lipinski definition) is 0.